The van der Waals surface area contributed by atoms with Crippen LogP contribution in [0.3, 0.4) is 0 Å². The molecule has 1 fully saturated rings. The summed E-state index contributed by atoms with van der Waals surface area (Å²) in [4.78, 5) is 12.7. The number of ketones is 1. The molecule has 1 nitrogen and oxygen atoms in total. The maximum atomic E-state index is 12.7. The molecule has 0 spiro atoms. The zero-order chi connectivity index (χ0) is 13.0. The van der Waals surface area contributed by atoms with Crippen molar-refractivity contribution in [2.45, 2.75) is 57.8 Å². The topological polar surface area (TPSA) is 17.1 Å². The Labute approximate surface area is 111 Å². The molecule has 1 saturated carbocycles. The van der Waals surface area contributed by atoms with Gasteiger partial charge < -0.3 is 0 Å². The number of carbonyl (C=O) groups excluding carboxylic acids is 1. The molecule has 0 radical (unpaired) electrons. The van der Waals surface area contributed by atoms with Gasteiger partial charge in [0, 0.05) is 6.42 Å². The van der Waals surface area contributed by atoms with Crippen LogP contribution in [0.15, 0.2) is 30.3 Å². The molecule has 0 heterocycles. The third-order valence-corrected chi connectivity index (χ3v) is 4.77. The fraction of sp³-hybridized carbons (Fsp3) is 0.588. The van der Waals surface area contributed by atoms with Gasteiger partial charge in [-0.1, -0.05) is 63.4 Å². The van der Waals surface area contributed by atoms with E-state index in [1.807, 2.05) is 18.2 Å². The van der Waals surface area contributed by atoms with Gasteiger partial charge in [-0.25, -0.2) is 0 Å². The van der Waals surface area contributed by atoms with Crippen LogP contribution in [0.5, 0.6) is 0 Å². The largest absolute Gasteiger partial charge is 0.299 e. The third kappa shape index (κ3) is 2.36. The van der Waals surface area contributed by atoms with E-state index in [9.17, 15) is 4.79 Å². The van der Waals surface area contributed by atoms with Gasteiger partial charge >= 0.3 is 0 Å². The Morgan fingerprint density at radius 1 is 1.17 bits per heavy atom. The van der Waals surface area contributed by atoms with Crippen molar-refractivity contribution in [2.24, 2.45) is 5.92 Å². The standard InChI is InChI=1S/C17H24O/c1-3-17(4-2,15-11-6-5-7-12-15)16(18)13-14-9-8-10-14/h5-7,11-12,14H,3-4,8-10,13H2,1-2H3. The van der Waals surface area contributed by atoms with Crippen molar-refractivity contribution in [3.63, 3.8) is 0 Å². The van der Waals surface area contributed by atoms with E-state index in [1.165, 1.54) is 24.8 Å². The summed E-state index contributed by atoms with van der Waals surface area (Å²) in [5.41, 5.74) is 0.968. The van der Waals surface area contributed by atoms with E-state index < -0.39 is 0 Å². The minimum absolute atomic E-state index is 0.239. The molecule has 1 aromatic rings. The Morgan fingerprint density at radius 3 is 2.22 bits per heavy atom. The number of hydrogen-bond donors (Lipinski definition) is 0. The summed E-state index contributed by atoms with van der Waals surface area (Å²) >= 11 is 0. The second kappa shape index (κ2) is 5.69. The number of hydrogen-bond acceptors (Lipinski definition) is 1. The molecule has 0 N–H and O–H groups in total. The molecule has 0 bridgehead atoms. The Kier molecular flexibility index (Phi) is 4.21. The molecule has 0 saturated heterocycles. The van der Waals surface area contributed by atoms with Crippen LogP contribution in [0.25, 0.3) is 0 Å². The van der Waals surface area contributed by atoms with Gasteiger partial charge in [0.05, 0.1) is 5.41 Å². The summed E-state index contributed by atoms with van der Waals surface area (Å²) in [5.74, 6) is 1.13. The van der Waals surface area contributed by atoms with Crippen LogP contribution in [0.1, 0.15) is 57.9 Å². The molecule has 18 heavy (non-hydrogen) atoms. The minimum atomic E-state index is -0.239. The van der Waals surface area contributed by atoms with Crippen molar-refractivity contribution in [1.29, 1.82) is 0 Å². The average molecular weight is 244 g/mol. The highest BCUT2D eigenvalue weighted by Crippen LogP contribution is 2.38. The Balaban J connectivity index is 2.22. The van der Waals surface area contributed by atoms with Gasteiger partial charge in [-0.2, -0.15) is 0 Å². The predicted molar refractivity (Wildman–Crippen MR) is 75.7 cm³/mol. The normalized spacial score (nSPS) is 16.3. The lowest BCUT2D eigenvalue weighted by molar-refractivity contribution is -0.126. The highest BCUT2D eigenvalue weighted by molar-refractivity contribution is 5.90. The van der Waals surface area contributed by atoms with Crippen molar-refractivity contribution in [3.8, 4) is 0 Å². The van der Waals surface area contributed by atoms with Crippen LogP contribution in [-0.2, 0) is 10.2 Å². The number of Topliss-reactive ketones (excluding diaryl/α,β-unsaturated/α-hetero) is 1. The lowest BCUT2D eigenvalue weighted by Crippen LogP contribution is -2.36. The minimum Gasteiger partial charge on any atom is -0.299 e. The van der Waals surface area contributed by atoms with Crippen LogP contribution < -0.4 is 0 Å². The van der Waals surface area contributed by atoms with Gasteiger partial charge in [-0.3, -0.25) is 4.79 Å². The molecule has 2 rings (SSSR count). The van der Waals surface area contributed by atoms with Gasteiger partial charge in [0.15, 0.2) is 0 Å². The van der Waals surface area contributed by atoms with Crippen LogP contribution in [0.2, 0.25) is 0 Å². The van der Waals surface area contributed by atoms with E-state index in [-0.39, 0.29) is 5.41 Å². The first-order chi connectivity index (χ1) is 8.73. The van der Waals surface area contributed by atoms with Gasteiger partial charge in [0.25, 0.3) is 0 Å². The number of carbonyl (C=O) groups is 1. The summed E-state index contributed by atoms with van der Waals surface area (Å²) in [6, 6.07) is 10.4. The van der Waals surface area contributed by atoms with Crippen LogP contribution in [-0.4, -0.2) is 5.78 Å². The predicted octanol–water partition coefficient (Wildman–Crippen LogP) is 4.50. The highest BCUT2D eigenvalue weighted by Gasteiger charge is 2.37. The Morgan fingerprint density at radius 2 is 1.78 bits per heavy atom. The molecular formula is C17H24O. The van der Waals surface area contributed by atoms with Crippen molar-refractivity contribution in [2.75, 3.05) is 0 Å². The van der Waals surface area contributed by atoms with Crippen LogP contribution >= 0.6 is 0 Å². The Hall–Kier alpha value is -1.11. The van der Waals surface area contributed by atoms with Gasteiger partial charge in [-0.15, -0.1) is 0 Å². The van der Waals surface area contributed by atoms with Gasteiger partial charge in [0.2, 0.25) is 0 Å². The van der Waals surface area contributed by atoms with E-state index in [0.29, 0.717) is 11.7 Å². The molecule has 1 aliphatic rings. The van der Waals surface area contributed by atoms with Gasteiger partial charge in [0.1, 0.15) is 5.78 Å². The van der Waals surface area contributed by atoms with Crippen LogP contribution in [0, 0.1) is 5.92 Å². The smallest absolute Gasteiger partial charge is 0.143 e. The monoisotopic (exact) mass is 244 g/mol. The maximum absolute atomic E-state index is 12.7. The first-order valence-electron chi connectivity index (χ1n) is 7.31. The van der Waals surface area contributed by atoms with Crippen LogP contribution in [0.4, 0.5) is 0 Å². The SMILES string of the molecule is CCC(CC)(C(=O)CC1CCC1)c1ccccc1. The first-order valence-corrected chi connectivity index (χ1v) is 7.31. The Bertz CT molecular complexity index is 385. The summed E-state index contributed by atoms with van der Waals surface area (Å²) in [6.45, 7) is 4.30. The molecule has 1 aliphatic carbocycles. The number of rotatable bonds is 6. The maximum Gasteiger partial charge on any atom is 0.143 e. The fourth-order valence-electron chi connectivity index (χ4n) is 3.13. The summed E-state index contributed by atoms with van der Waals surface area (Å²) in [6.07, 6.45) is 6.44. The average Bonchev–Trinajstić information content (AvgIpc) is 2.37. The number of benzene rings is 1. The van der Waals surface area contributed by atoms with Crippen molar-refractivity contribution < 1.29 is 4.79 Å². The summed E-state index contributed by atoms with van der Waals surface area (Å²) < 4.78 is 0. The fourth-order valence-corrected chi connectivity index (χ4v) is 3.13. The molecule has 1 aromatic carbocycles. The first kappa shape index (κ1) is 13.3. The third-order valence-electron chi connectivity index (χ3n) is 4.77. The molecule has 1 heteroatoms. The van der Waals surface area contributed by atoms with Crippen molar-refractivity contribution in [3.05, 3.63) is 35.9 Å². The molecule has 0 aliphatic heterocycles. The summed E-state index contributed by atoms with van der Waals surface area (Å²) in [5, 5.41) is 0. The molecule has 98 valence electrons. The van der Waals surface area contributed by atoms with Gasteiger partial charge in [-0.05, 0) is 24.3 Å². The quantitative estimate of drug-likeness (QED) is 0.720. The lowest BCUT2D eigenvalue weighted by atomic mass is 9.68. The second-order valence-corrected chi connectivity index (χ2v) is 5.58. The molecular weight excluding hydrogens is 220 g/mol. The van der Waals surface area contributed by atoms with E-state index in [1.54, 1.807) is 0 Å². The van der Waals surface area contributed by atoms with E-state index in [0.717, 1.165) is 19.3 Å². The lowest BCUT2D eigenvalue weighted by Gasteiger charge is -2.34. The zero-order valence-corrected chi connectivity index (χ0v) is 11.6. The van der Waals surface area contributed by atoms with Crippen molar-refractivity contribution in [1.82, 2.24) is 0 Å². The van der Waals surface area contributed by atoms with E-state index in [2.05, 4.69) is 26.0 Å². The van der Waals surface area contributed by atoms with Crippen molar-refractivity contribution >= 4 is 5.78 Å². The van der Waals surface area contributed by atoms with E-state index >= 15 is 0 Å². The second-order valence-electron chi connectivity index (χ2n) is 5.58. The zero-order valence-electron chi connectivity index (χ0n) is 11.6. The highest BCUT2D eigenvalue weighted by atomic mass is 16.1. The van der Waals surface area contributed by atoms with E-state index in [4.69, 9.17) is 0 Å². The molecule has 0 atom stereocenters. The summed E-state index contributed by atoms with van der Waals surface area (Å²) in [7, 11) is 0. The molecule has 0 unspecified atom stereocenters. The molecule has 0 aromatic heterocycles. The molecule has 0 amide bonds.